The minimum absolute atomic E-state index is 0.154. The molecule has 1 aromatic heterocycles. The van der Waals surface area contributed by atoms with Crippen LogP contribution in [0.15, 0.2) is 58.2 Å². The second kappa shape index (κ2) is 11.6. The van der Waals surface area contributed by atoms with Gasteiger partial charge in [-0.25, -0.2) is 4.99 Å². The summed E-state index contributed by atoms with van der Waals surface area (Å²) in [6, 6.07) is 12.0. The summed E-state index contributed by atoms with van der Waals surface area (Å²) in [6.07, 6.45) is -7.00. The number of amides is 2. The van der Waals surface area contributed by atoms with Gasteiger partial charge < -0.3 is 19.5 Å². The summed E-state index contributed by atoms with van der Waals surface area (Å²) in [5, 5.41) is 6.70. The number of carbonyl (C=O) groups excluding carboxylic acids is 3. The zero-order chi connectivity index (χ0) is 30.2. The number of hydrogen-bond donors (Lipinski definition) is 1. The third kappa shape index (κ3) is 5.89. The molecule has 2 aliphatic rings. The molecule has 0 unspecified atom stereocenters. The maximum Gasteiger partial charge on any atom is 0.389 e. The molecule has 9 nitrogen and oxygen atoms in total. The van der Waals surface area contributed by atoms with Gasteiger partial charge in [0.15, 0.2) is 0 Å². The number of anilines is 1. The lowest BCUT2D eigenvalue weighted by molar-refractivity contribution is -0.144. The van der Waals surface area contributed by atoms with E-state index < -0.39 is 54.6 Å². The van der Waals surface area contributed by atoms with Crippen LogP contribution in [0.4, 0.5) is 18.9 Å². The van der Waals surface area contributed by atoms with Crippen molar-refractivity contribution in [2.75, 3.05) is 18.1 Å². The Morgan fingerprint density at radius 2 is 1.98 bits per heavy atom. The Morgan fingerprint density at radius 1 is 1.21 bits per heavy atom. The second-order valence-corrected chi connectivity index (χ2v) is 10.5. The van der Waals surface area contributed by atoms with Gasteiger partial charge in [-0.05, 0) is 38.5 Å². The fourth-order valence-electron chi connectivity index (χ4n) is 5.38. The quantitative estimate of drug-likeness (QED) is 0.389. The molecular weight excluding hydrogens is 577 g/mol. The number of benzene rings is 2. The molecule has 3 aromatic rings. The third-order valence-electron chi connectivity index (χ3n) is 7.27. The van der Waals surface area contributed by atoms with Crippen LogP contribution in [0.3, 0.4) is 0 Å². The van der Waals surface area contributed by atoms with Crippen molar-refractivity contribution in [3.63, 3.8) is 0 Å². The molecule has 0 saturated carbocycles. The molecule has 2 aliphatic heterocycles. The van der Waals surface area contributed by atoms with Crippen LogP contribution in [0.2, 0.25) is 5.02 Å². The topological polar surface area (TPSA) is 114 Å². The summed E-state index contributed by atoms with van der Waals surface area (Å²) in [5.41, 5.74) is 2.35. The maximum atomic E-state index is 13.9. The number of para-hydroxylation sites is 1. The Kier molecular flexibility index (Phi) is 8.09. The predicted octanol–water partition coefficient (Wildman–Crippen LogP) is 4.99. The van der Waals surface area contributed by atoms with Crippen molar-refractivity contribution in [2.24, 2.45) is 10.9 Å². The van der Waals surface area contributed by atoms with E-state index in [0.29, 0.717) is 33.3 Å². The predicted molar refractivity (Wildman–Crippen MR) is 147 cm³/mol. The molecular formula is C29H26ClF3N4O5. The molecule has 3 atom stereocenters. The first-order chi connectivity index (χ1) is 19.9. The average molecular weight is 603 g/mol. The number of nitrogens with one attached hydrogen (secondary N) is 1. The molecule has 0 radical (unpaired) electrons. The highest BCUT2D eigenvalue weighted by Crippen LogP contribution is 2.39. The molecule has 13 heteroatoms. The number of hydrogen-bond acceptors (Lipinski definition) is 7. The van der Waals surface area contributed by atoms with Crippen LogP contribution in [0.1, 0.15) is 48.1 Å². The summed E-state index contributed by atoms with van der Waals surface area (Å²) in [6.45, 7) is 3.05. The van der Waals surface area contributed by atoms with Crippen molar-refractivity contribution in [2.45, 2.75) is 44.9 Å². The monoisotopic (exact) mass is 602 g/mol. The van der Waals surface area contributed by atoms with E-state index in [9.17, 15) is 27.6 Å². The van der Waals surface area contributed by atoms with Crippen molar-refractivity contribution in [3.05, 3.63) is 76.1 Å². The van der Waals surface area contributed by atoms with Gasteiger partial charge in [0.05, 0.1) is 35.5 Å². The first-order valence-electron chi connectivity index (χ1n) is 13.1. The van der Waals surface area contributed by atoms with Crippen LogP contribution in [-0.2, 0) is 14.4 Å². The fraction of sp³-hybridized carbons (Fsp3) is 0.345. The van der Waals surface area contributed by atoms with Crippen molar-refractivity contribution in [1.29, 1.82) is 0 Å². The van der Waals surface area contributed by atoms with Crippen LogP contribution in [-0.4, -0.2) is 54.0 Å². The smallest absolute Gasteiger partial charge is 0.389 e. The molecule has 0 bridgehead atoms. The highest BCUT2D eigenvalue weighted by molar-refractivity contribution is 6.31. The lowest BCUT2D eigenvalue weighted by Crippen LogP contribution is -2.51. The summed E-state index contributed by atoms with van der Waals surface area (Å²) in [7, 11) is 0. The van der Waals surface area contributed by atoms with Crippen molar-refractivity contribution >= 4 is 40.6 Å². The van der Waals surface area contributed by atoms with Gasteiger partial charge in [-0.15, -0.1) is 0 Å². The molecule has 2 amide bonds. The molecule has 42 heavy (non-hydrogen) atoms. The molecule has 220 valence electrons. The van der Waals surface area contributed by atoms with E-state index in [1.54, 1.807) is 42.5 Å². The van der Waals surface area contributed by atoms with E-state index >= 15 is 0 Å². The van der Waals surface area contributed by atoms with Crippen LogP contribution in [0, 0.1) is 12.8 Å². The Balaban J connectivity index is 1.58. The summed E-state index contributed by atoms with van der Waals surface area (Å²) in [5.74, 6) is -4.44. The number of aliphatic imine (C=N–C) groups is 1. The maximum absolute atomic E-state index is 13.9. The van der Waals surface area contributed by atoms with Gasteiger partial charge >= 0.3 is 6.18 Å². The number of aromatic nitrogens is 1. The number of ether oxygens (including phenoxy) is 1. The van der Waals surface area contributed by atoms with Gasteiger partial charge in [0.25, 0.3) is 5.91 Å². The van der Waals surface area contributed by atoms with Crippen molar-refractivity contribution < 1.29 is 36.8 Å². The van der Waals surface area contributed by atoms with Crippen molar-refractivity contribution in [1.82, 2.24) is 10.5 Å². The highest BCUT2D eigenvalue weighted by atomic mass is 35.5. The zero-order valence-corrected chi connectivity index (χ0v) is 23.3. The Hall–Kier alpha value is -4.19. The minimum atomic E-state index is -4.59. The summed E-state index contributed by atoms with van der Waals surface area (Å²) >= 11 is 6.26. The van der Waals surface area contributed by atoms with Gasteiger partial charge in [0, 0.05) is 28.1 Å². The summed E-state index contributed by atoms with van der Waals surface area (Å²) < 4.78 is 50.8. The molecule has 1 N–H and O–H groups in total. The van der Waals surface area contributed by atoms with Crippen LogP contribution in [0.5, 0.6) is 5.75 Å². The third-order valence-corrected chi connectivity index (χ3v) is 7.50. The zero-order valence-electron chi connectivity index (χ0n) is 22.6. The largest absolute Gasteiger partial charge is 0.490 e. The van der Waals surface area contributed by atoms with E-state index in [-0.39, 0.29) is 24.4 Å². The minimum Gasteiger partial charge on any atom is -0.490 e. The van der Waals surface area contributed by atoms with Gasteiger partial charge in [-0.2, -0.15) is 13.2 Å². The van der Waals surface area contributed by atoms with Crippen molar-refractivity contribution in [3.8, 4) is 5.75 Å². The lowest BCUT2D eigenvalue weighted by atomic mass is 9.80. The fourth-order valence-corrected chi connectivity index (χ4v) is 5.57. The van der Waals surface area contributed by atoms with E-state index in [2.05, 4.69) is 15.5 Å². The van der Waals surface area contributed by atoms with E-state index in [1.165, 1.54) is 18.7 Å². The number of carbonyl (C=O) groups is 3. The number of halogens is 4. The van der Waals surface area contributed by atoms with Crippen LogP contribution in [0.25, 0.3) is 0 Å². The van der Waals surface area contributed by atoms with Crippen LogP contribution >= 0.6 is 11.6 Å². The first-order valence-corrected chi connectivity index (χ1v) is 13.5. The molecule has 0 fully saturated rings. The summed E-state index contributed by atoms with van der Waals surface area (Å²) in [4.78, 5) is 46.6. The molecule has 0 aliphatic carbocycles. The van der Waals surface area contributed by atoms with Gasteiger partial charge in [-0.3, -0.25) is 14.4 Å². The highest BCUT2D eigenvalue weighted by Gasteiger charge is 2.42. The molecule has 5 rings (SSSR count). The first kappa shape index (κ1) is 29.3. The Bertz CT molecular complexity index is 1570. The second-order valence-electron chi connectivity index (χ2n) is 10.1. The molecule has 2 aromatic carbocycles. The Labute approximate surface area is 243 Å². The number of aryl methyl sites for hydroxylation is 1. The molecule has 3 heterocycles. The average Bonchev–Trinajstić information content (AvgIpc) is 3.31. The number of rotatable bonds is 8. The Morgan fingerprint density at radius 3 is 2.64 bits per heavy atom. The standard InChI is InChI=1S/C29H26ClF3N4O5/c1-15-21(14-42-36-15)23(16(2)38)19(9-10-29(31,32)33)27(39)35-26-28(40)37-11-12-41-22-8-4-7-20(25(22)37)24(34-26)17-5-3-6-18(30)13-17/h3-8,13-14,19,23,26H,9-12H2,1-2H3,(H,35,39)/t19-,23-,26-/m1/s1. The van der Waals surface area contributed by atoms with Gasteiger partial charge in [-0.1, -0.05) is 41.0 Å². The van der Waals surface area contributed by atoms with Crippen LogP contribution < -0.4 is 15.0 Å². The van der Waals surface area contributed by atoms with E-state index in [1.807, 2.05) is 0 Å². The SMILES string of the molecule is CC(=O)[C@@H](c1conc1C)[C@@H](CCC(F)(F)F)C(=O)N[C@H]1N=C(c2cccc(Cl)c2)c2cccc3c2N(CCO3)C1=O. The van der Waals surface area contributed by atoms with Gasteiger partial charge in [0.2, 0.25) is 12.1 Å². The van der Waals surface area contributed by atoms with Gasteiger partial charge in [0.1, 0.15) is 24.4 Å². The number of alkyl halides is 3. The number of nitrogens with zero attached hydrogens (tertiary/aromatic N) is 3. The molecule has 0 spiro atoms. The lowest BCUT2D eigenvalue weighted by Gasteiger charge is -2.31. The van der Waals surface area contributed by atoms with E-state index in [4.69, 9.17) is 20.9 Å². The normalized spacial score (nSPS) is 17.9. The number of ketones is 1. The molecule has 0 saturated heterocycles. The van der Waals surface area contributed by atoms with E-state index in [0.717, 1.165) is 6.26 Å². The number of Topliss-reactive ketones (excluding diaryl/α,β-unsaturated/α-hetero) is 1.